The van der Waals surface area contributed by atoms with Gasteiger partial charge in [0.15, 0.2) is 11.5 Å². The number of rotatable bonds is 6. The minimum absolute atomic E-state index is 0.0631. The van der Waals surface area contributed by atoms with E-state index in [4.69, 9.17) is 18.9 Å². The SMILES string of the molecule is CCOC(=O)c1c(C)[nH]c(C)c1C(=O)/C(C#N)=C/c1cc(OC)c2c(c1)OCO2. The molecule has 0 amide bonds. The van der Waals surface area contributed by atoms with Gasteiger partial charge in [-0.3, -0.25) is 4.79 Å². The highest BCUT2D eigenvalue weighted by atomic mass is 16.7. The van der Waals surface area contributed by atoms with Crippen molar-refractivity contribution in [3.05, 3.63) is 45.8 Å². The van der Waals surface area contributed by atoms with Crippen LogP contribution in [0.1, 0.15) is 44.6 Å². The van der Waals surface area contributed by atoms with Gasteiger partial charge in [-0.15, -0.1) is 0 Å². The number of esters is 1. The van der Waals surface area contributed by atoms with Gasteiger partial charge in [0.2, 0.25) is 18.3 Å². The topological polar surface area (TPSA) is 111 Å². The summed E-state index contributed by atoms with van der Waals surface area (Å²) in [5.74, 6) is 0.169. The molecule has 1 aromatic heterocycles. The van der Waals surface area contributed by atoms with Gasteiger partial charge >= 0.3 is 5.97 Å². The van der Waals surface area contributed by atoms with E-state index < -0.39 is 11.8 Å². The first-order valence-corrected chi connectivity index (χ1v) is 8.91. The first-order chi connectivity index (χ1) is 13.9. The van der Waals surface area contributed by atoms with Gasteiger partial charge in [0.25, 0.3) is 0 Å². The monoisotopic (exact) mass is 396 g/mol. The van der Waals surface area contributed by atoms with Crippen LogP contribution in [0.2, 0.25) is 0 Å². The summed E-state index contributed by atoms with van der Waals surface area (Å²) in [6, 6.07) is 5.21. The van der Waals surface area contributed by atoms with Crippen molar-refractivity contribution in [3.63, 3.8) is 0 Å². The number of ketones is 1. The summed E-state index contributed by atoms with van der Waals surface area (Å²) in [5.41, 5.74) is 1.64. The molecule has 1 aromatic carbocycles. The molecule has 2 heterocycles. The second kappa shape index (κ2) is 8.10. The van der Waals surface area contributed by atoms with E-state index in [1.165, 1.54) is 13.2 Å². The summed E-state index contributed by atoms with van der Waals surface area (Å²) in [5, 5.41) is 9.62. The van der Waals surface area contributed by atoms with Crippen LogP contribution in [0.3, 0.4) is 0 Å². The minimum Gasteiger partial charge on any atom is -0.493 e. The van der Waals surface area contributed by atoms with Crippen molar-refractivity contribution < 1.29 is 28.5 Å². The lowest BCUT2D eigenvalue weighted by Crippen LogP contribution is -2.13. The summed E-state index contributed by atoms with van der Waals surface area (Å²) in [4.78, 5) is 28.4. The minimum atomic E-state index is -0.611. The van der Waals surface area contributed by atoms with E-state index in [1.54, 1.807) is 32.9 Å². The summed E-state index contributed by atoms with van der Waals surface area (Å²) in [7, 11) is 1.48. The maximum absolute atomic E-state index is 13.1. The number of benzene rings is 1. The van der Waals surface area contributed by atoms with Crippen LogP contribution in [0.4, 0.5) is 0 Å². The molecule has 0 aliphatic carbocycles. The van der Waals surface area contributed by atoms with Crippen LogP contribution in [-0.4, -0.2) is 37.2 Å². The van der Waals surface area contributed by atoms with Gasteiger partial charge in [0.1, 0.15) is 11.6 Å². The number of aromatic nitrogens is 1. The molecule has 1 N–H and O–H groups in total. The number of Topliss-reactive ketones (excluding diaryl/α,β-unsaturated/α-hetero) is 1. The highest BCUT2D eigenvalue weighted by Gasteiger charge is 2.28. The predicted octanol–water partition coefficient (Wildman–Crippen LogP) is 3.34. The Morgan fingerprint density at radius 1 is 1.24 bits per heavy atom. The van der Waals surface area contributed by atoms with Gasteiger partial charge < -0.3 is 23.9 Å². The highest BCUT2D eigenvalue weighted by Crippen LogP contribution is 2.42. The first-order valence-electron chi connectivity index (χ1n) is 8.91. The van der Waals surface area contributed by atoms with E-state index in [0.29, 0.717) is 34.2 Å². The smallest absolute Gasteiger partial charge is 0.340 e. The maximum atomic E-state index is 13.1. The molecule has 0 saturated heterocycles. The molecule has 0 fully saturated rings. The lowest BCUT2D eigenvalue weighted by molar-refractivity contribution is 0.0523. The molecule has 0 atom stereocenters. The third kappa shape index (κ3) is 3.67. The van der Waals surface area contributed by atoms with Gasteiger partial charge in [0, 0.05) is 11.4 Å². The fourth-order valence-electron chi connectivity index (χ4n) is 3.21. The quantitative estimate of drug-likeness (QED) is 0.345. The number of hydrogen-bond acceptors (Lipinski definition) is 7. The number of aryl methyl sites for hydroxylation is 2. The Labute approximate surface area is 167 Å². The Morgan fingerprint density at radius 2 is 1.97 bits per heavy atom. The van der Waals surface area contributed by atoms with Crippen LogP contribution in [-0.2, 0) is 4.74 Å². The van der Waals surface area contributed by atoms with Crippen molar-refractivity contribution in [2.24, 2.45) is 0 Å². The molecule has 0 bridgehead atoms. The van der Waals surface area contributed by atoms with Crippen molar-refractivity contribution in [1.29, 1.82) is 5.26 Å². The standard InChI is InChI=1S/C21H20N2O6/c1-5-27-21(25)18-12(3)23-11(2)17(18)19(24)14(9-22)6-13-7-15(26-4)20-16(8-13)28-10-29-20/h6-8,23H,5,10H2,1-4H3/b14-6+. The summed E-state index contributed by atoms with van der Waals surface area (Å²) >= 11 is 0. The average molecular weight is 396 g/mol. The molecule has 3 rings (SSSR count). The van der Waals surface area contributed by atoms with E-state index in [0.717, 1.165) is 0 Å². The largest absolute Gasteiger partial charge is 0.493 e. The second-order valence-corrected chi connectivity index (χ2v) is 6.30. The zero-order valence-electron chi connectivity index (χ0n) is 16.5. The van der Waals surface area contributed by atoms with E-state index in [9.17, 15) is 14.9 Å². The van der Waals surface area contributed by atoms with E-state index in [1.807, 2.05) is 6.07 Å². The van der Waals surface area contributed by atoms with Gasteiger partial charge in [-0.2, -0.15) is 5.26 Å². The number of nitrogens with one attached hydrogen (secondary N) is 1. The molecule has 0 saturated carbocycles. The lowest BCUT2D eigenvalue weighted by Gasteiger charge is -2.07. The number of nitriles is 1. The van der Waals surface area contributed by atoms with Crippen LogP contribution in [0.25, 0.3) is 6.08 Å². The summed E-state index contributed by atoms with van der Waals surface area (Å²) < 4.78 is 21.1. The fourth-order valence-corrected chi connectivity index (χ4v) is 3.21. The molecule has 150 valence electrons. The van der Waals surface area contributed by atoms with Gasteiger partial charge in [-0.1, -0.05) is 0 Å². The molecule has 29 heavy (non-hydrogen) atoms. The van der Waals surface area contributed by atoms with Crippen molar-refractivity contribution in [1.82, 2.24) is 4.98 Å². The van der Waals surface area contributed by atoms with Crippen LogP contribution in [0.15, 0.2) is 17.7 Å². The zero-order chi connectivity index (χ0) is 21.1. The Morgan fingerprint density at radius 3 is 2.62 bits per heavy atom. The Bertz CT molecular complexity index is 1060. The van der Waals surface area contributed by atoms with Crippen LogP contribution >= 0.6 is 0 Å². The third-order valence-corrected chi connectivity index (χ3v) is 4.44. The molecule has 0 spiro atoms. The predicted molar refractivity (Wildman–Crippen MR) is 103 cm³/mol. The van der Waals surface area contributed by atoms with Crippen molar-refractivity contribution in [2.75, 3.05) is 20.5 Å². The number of nitrogens with zero attached hydrogens (tertiary/aromatic N) is 1. The lowest BCUT2D eigenvalue weighted by atomic mass is 9.97. The molecule has 1 aliphatic rings. The normalized spacial score (nSPS) is 12.4. The molecule has 8 nitrogen and oxygen atoms in total. The molecule has 0 unspecified atom stereocenters. The molecular formula is C21H20N2O6. The number of aromatic amines is 1. The van der Waals surface area contributed by atoms with Crippen LogP contribution in [0, 0.1) is 25.2 Å². The number of hydrogen-bond donors (Lipinski definition) is 1. The number of methoxy groups -OCH3 is 1. The Kier molecular flexibility index (Phi) is 5.59. The average Bonchev–Trinajstić information content (AvgIpc) is 3.28. The Hall–Kier alpha value is -3.73. The highest BCUT2D eigenvalue weighted by molar-refractivity contribution is 6.19. The van der Waals surface area contributed by atoms with Crippen LogP contribution in [0.5, 0.6) is 17.2 Å². The molecular weight excluding hydrogens is 376 g/mol. The van der Waals surface area contributed by atoms with Gasteiger partial charge in [-0.25, -0.2) is 4.79 Å². The van der Waals surface area contributed by atoms with E-state index in [-0.39, 0.29) is 30.1 Å². The number of carbonyl (C=O) groups excluding carboxylic acids is 2. The summed E-state index contributed by atoms with van der Waals surface area (Å²) in [6.07, 6.45) is 1.42. The fraction of sp³-hybridized carbons (Fsp3) is 0.286. The number of carbonyl (C=O) groups is 2. The number of fused-ring (bicyclic) bond motifs is 1. The van der Waals surface area contributed by atoms with Crippen molar-refractivity contribution in [3.8, 4) is 23.3 Å². The molecule has 0 radical (unpaired) electrons. The van der Waals surface area contributed by atoms with Crippen LogP contribution < -0.4 is 14.2 Å². The number of allylic oxidation sites excluding steroid dienone is 1. The van der Waals surface area contributed by atoms with E-state index in [2.05, 4.69) is 4.98 Å². The molecule has 8 heteroatoms. The maximum Gasteiger partial charge on any atom is 0.340 e. The number of ether oxygens (including phenoxy) is 4. The van der Waals surface area contributed by atoms with Gasteiger partial charge in [0.05, 0.1) is 24.8 Å². The van der Waals surface area contributed by atoms with Crippen molar-refractivity contribution in [2.45, 2.75) is 20.8 Å². The zero-order valence-corrected chi connectivity index (χ0v) is 16.5. The first kappa shape index (κ1) is 20.0. The van der Waals surface area contributed by atoms with Gasteiger partial charge in [-0.05, 0) is 44.5 Å². The Balaban J connectivity index is 2.06. The summed E-state index contributed by atoms with van der Waals surface area (Å²) in [6.45, 7) is 5.26. The molecule has 2 aromatic rings. The van der Waals surface area contributed by atoms with E-state index >= 15 is 0 Å². The third-order valence-electron chi connectivity index (χ3n) is 4.44. The molecule has 1 aliphatic heterocycles. The second-order valence-electron chi connectivity index (χ2n) is 6.30. The van der Waals surface area contributed by atoms with Crippen molar-refractivity contribution >= 4 is 17.8 Å². The number of H-pyrrole nitrogens is 1.